The average Bonchev–Trinajstić information content (AvgIpc) is 2.97. The van der Waals surface area contributed by atoms with Crippen molar-refractivity contribution in [3.63, 3.8) is 0 Å². The predicted molar refractivity (Wildman–Crippen MR) is 69.7 cm³/mol. The van der Waals surface area contributed by atoms with E-state index in [-0.39, 0.29) is 12.5 Å². The van der Waals surface area contributed by atoms with E-state index in [2.05, 4.69) is 10.4 Å². The molecule has 6 nitrogen and oxygen atoms in total. The number of rotatable bonds is 6. The quantitative estimate of drug-likeness (QED) is 0.822. The molecule has 1 aromatic rings. The molecule has 19 heavy (non-hydrogen) atoms. The van der Waals surface area contributed by atoms with Gasteiger partial charge in [0.05, 0.1) is 11.9 Å². The van der Waals surface area contributed by atoms with Crippen molar-refractivity contribution in [2.75, 3.05) is 5.32 Å². The third-order valence-electron chi connectivity index (χ3n) is 3.47. The zero-order valence-electron chi connectivity index (χ0n) is 10.8. The first-order chi connectivity index (χ1) is 9.13. The van der Waals surface area contributed by atoms with Crippen LogP contribution >= 0.6 is 0 Å². The molecule has 0 bridgehead atoms. The number of carboxylic acids is 1. The van der Waals surface area contributed by atoms with Crippen LogP contribution in [-0.2, 0) is 16.1 Å². The van der Waals surface area contributed by atoms with Crippen molar-refractivity contribution in [2.24, 2.45) is 5.92 Å². The van der Waals surface area contributed by atoms with E-state index in [9.17, 15) is 9.59 Å². The zero-order valence-corrected chi connectivity index (χ0v) is 10.8. The molecule has 0 aromatic carbocycles. The van der Waals surface area contributed by atoms with Gasteiger partial charge in [-0.3, -0.25) is 14.3 Å². The number of hydrogen-bond acceptors (Lipinski definition) is 3. The van der Waals surface area contributed by atoms with Crippen molar-refractivity contribution in [3.8, 4) is 0 Å². The molecule has 1 fully saturated rings. The van der Waals surface area contributed by atoms with Crippen LogP contribution in [0.3, 0.4) is 0 Å². The van der Waals surface area contributed by atoms with Gasteiger partial charge in [-0.25, -0.2) is 0 Å². The number of amides is 1. The first-order valence-corrected chi connectivity index (χ1v) is 6.67. The Bertz CT molecular complexity index is 450. The predicted octanol–water partition coefficient (Wildman–Crippen LogP) is 1.88. The summed E-state index contributed by atoms with van der Waals surface area (Å²) in [5.74, 6) is -0.288. The van der Waals surface area contributed by atoms with Gasteiger partial charge >= 0.3 is 5.97 Å². The average molecular weight is 265 g/mol. The number of carbonyl (C=O) groups excluding carboxylic acids is 1. The normalized spacial score (nSPS) is 15.6. The molecule has 0 saturated heterocycles. The SMILES string of the molecule is O=C(O)Cn1cc(NC(=O)CCC2CCCC2)cn1. The van der Waals surface area contributed by atoms with Crippen LogP contribution in [0.25, 0.3) is 0 Å². The Balaban J connectivity index is 1.74. The summed E-state index contributed by atoms with van der Waals surface area (Å²) in [7, 11) is 0. The number of hydrogen-bond donors (Lipinski definition) is 2. The van der Waals surface area contributed by atoms with Gasteiger partial charge in [0.15, 0.2) is 0 Å². The van der Waals surface area contributed by atoms with Gasteiger partial charge in [-0.15, -0.1) is 0 Å². The number of aliphatic carboxylic acids is 1. The highest BCUT2D eigenvalue weighted by atomic mass is 16.4. The fourth-order valence-electron chi connectivity index (χ4n) is 2.51. The number of carboxylic acid groups (broad SMARTS) is 1. The van der Waals surface area contributed by atoms with Crippen molar-refractivity contribution in [1.29, 1.82) is 0 Å². The molecule has 0 atom stereocenters. The topological polar surface area (TPSA) is 84.2 Å². The Morgan fingerprint density at radius 3 is 2.84 bits per heavy atom. The van der Waals surface area contributed by atoms with Crippen LogP contribution in [0.5, 0.6) is 0 Å². The van der Waals surface area contributed by atoms with Crippen LogP contribution in [-0.4, -0.2) is 26.8 Å². The Kier molecular flexibility index (Phi) is 4.54. The van der Waals surface area contributed by atoms with E-state index in [1.54, 1.807) is 0 Å². The smallest absolute Gasteiger partial charge is 0.325 e. The Morgan fingerprint density at radius 2 is 2.16 bits per heavy atom. The van der Waals surface area contributed by atoms with Gasteiger partial charge in [-0.2, -0.15) is 5.10 Å². The van der Waals surface area contributed by atoms with Gasteiger partial charge in [0, 0.05) is 12.6 Å². The molecule has 1 aromatic heterocycles. The highest BCUT2D eigenvalue weighted by Crippen LogP contribution is 2.28. The minimum atomic E-state index is -0.956. The molecule has 2 rings (SSSR count). The second-order valence-corrected chi connectivity index (χ2v) is 5.06. The molecule has 104 valence electrons. The van der Waals surface area contributed by atoms with Gasteiger partial charge < -0.3 is 10.4 Å². The molecule has 1 aliphatic rings. The molecule has 2 N–H and O–H groups in total. The van der Waals surface area contributed by atoms with E-state index in [1.165, 1.54) is 42.8 Å². The molecule has 1 amide bonds. The third kappa shape index (κ3) is 4.39. The summed E-state index contributed by atoms with van der Waals surface area (Å²) in [5.41, 5.74) is 0.553. The van der Waals surface area contributed by atoms with E-state index in [0.717, 1.165) is 6.42 Å². The minimum Gasteiger partial charge on any atom is -0.480 e. The van der Waals surface area contributed by atoms with Gasteiger partial charge in [0.2, 0.25) is 5.91 Å². The van der Waals surface area contributed by atoms with Crippen molar-refractivity contribution in [3.05, 3.63) is 12.4 Å². The van der Waals surface area contributed by atoms with E-state index < -0.39 is 5.97 Å². The van der Waals surface area contributed by atoms with E-state index >= 15 is 0 Å². The van der Waals surface area contributed by atoms with E-state index in [1.807, 2.05) is 0 Å². The van der Waals surface area contributed by atoms with E-state index in [0.29, 0.717) is 18.0 Å². The molecular weight excluding hydrogens is 246 g/mol. The molecule has 1 aliphatic carbocycles. The summed E-state index contributed by atoms with van der Waals surface area (Å²) in [6.07, 6.45) is 9.51. The first-order valence-electron chi connectivity index (χ1n) is 6.67. The van der Waals surface area contributed by atoms with Crippen LogP contribution in [0.1, 0.15) is 38.5 Å². The summed E-state index contributed by atoms with van der Waals surface area (Å²) in [6.45, 7) is -0.196. The number of anilines is 1. The molecular formula is C13H19N3O3. The molecule has 1 heterocycles. The number of carbonyl (C=O) groups is 2. The molecule has 0 spiro atoms. The van der Waals surface area contributed by atoms with Crippen molar-refractivity contribution < 1.29 is 14.7 Å². The molecule has 0 aliphatic heterocycles. The molecule has 1 saturated carbocycles. The largest absolute Gasteiger partial charge is 0.480 e. The Labute approximate surface area is 111 Å². The van der Waals surface area contributed by atoms with Crippen molar-refractivity contribution >= 4 is 17.6 Å². The maximum atomic E-state index is 11.7. The Hall–Kier alpha value is -1.85. The monoisotopic (exact) mass is 265 g/mol. The summed E-state index contributed by atoms with van der Waals surface area (Å²) < 4.78 is 1.29. The van der Waals surface area contributed by atoms with Gasteiger partial charge in [-0.05, 0) is 12.3 Å². The summed E-state index contributed by atoms with van der Waals surface area (Å²) >= 11 is 0. The Morgan fingerprint density at radius 1 is 1.42 bits per heavy atom. The molecule has 6 heteroatoms. The summed E-state index contributed by atoms with van der Waals surface area (Å²) in [5, 5.41) is 15.2. The first kappa shape index (κ1) is 13.6. The van der Waals surface area contributed by atoms with Crippen molar-refractivity contribution in [2.45, 2.75) is 45.1 Å². The lowest BCUT2D eigenvalue weighted by molar-refractivity contribution is -0.137. The zero-order chi connectivity index (χ0) is 13.7. The summed E-state index contributed by atoms with van der Waals surface area (Å²) in [6, 6.07) is 0. The van der Waals surface area contributed by atoms with Gasteiger partial charge in [-0.1, -0.05) is 25.7 Å². The van der Waals surface area contributed by atoms with Crippen LogP contribution in [0, 0.1) is 5.92 Å². The summed E-state index contributed by atoms with van der Waals surface area (Å²) in [4.78, 5) is 22.2. The van der Waals surface area contributed by atoms with Crippen molar-refractivity contribution in [1.82, 2.24) is 9.78 Å². The van der Waals surface area contributed by atoms with Gasteiger partial charge in [0.25, 0.3) is 0 Å². The standard InChI is InChI=1S/C13H19N3O3/c17-12(6-5-10-3-1-2-4-10)15-11-7-14-16(8-11)9-13(18)19/h7-8,10H,1-6,9H2,(H,15,17)(H,18,19). The third-order valence-corrected chi connectivity index (χ3v) is 3.47. The lowest BCUT2D eigenvalue weighted by Crippen LogP contribution is -2.12. The van der Waals surface area contributed by atoms with Crippen LogP contribution in [0.2, 0.25) is 0 Å². The lowest BCUT2D eigenvalue weighted by Gasteiger charge is -2.07. The number of aromatic nitrogens is 2. The minimum absolute atomic E-state index is 0.0261. The number of nitrogens with one attached hydrogen (secondary N) is 1. The molecule has 0 unspecified atom stereocenters. The lowest BCUT2D eigenvalue weighted by atomic mass is 10.0. The maximum absolute atomic E-state index is 11.7. The van der Waals surface area contributed by atoms with Crippen LogP contribution in [0.15, 0.2) is 12.4 Å². The fourth-order valence-corrected chi connectivity index (χ4v) is 2.51. The maximum Gasteiger partial charge on any atom is 0.325 e. The van der Waals surface area contributed by atoms with Gasteiger partial charge in [0.1, 0.15) is 6.54 Å². The fraction of sp³-hybridized carbons (Fsp3) is 0.615. The van der Waals surface area contributed by atoms with Crippen LogP contribution < -0.4 is 5.32 Å². The van der Waals surface area contributed by atoms with Crippen LogP contribution in [0.4, 0.5) is 5.69 Å². The number of nitrogens with zero attached hydrogens (tertiary/aromatic N) is 2. The molecule has 0 radical (unpaired) electrons. The van der Waals surface area contributed by atoms with E-state index in [4.69, 9.17) is 5.11 Å². The highest BCUT2D eigenvalue weighted by Gasteiger charge is 2.16. The second-order valence-electron chi connectivity index (χ2n) is 5.06. The second kappa shape index (κ2) is 6.36. The highest BCUT2D eigenvalue weighted by molar-refractivity contribution is 5.90.